The van der Waals surface area contributed by atoms with Gasteiger partial charge in [0.05, 0.1) is 18.8 Å². The van der Waals surface area contributed by atoms with Crippen LogP contribution in [0.3, 0.4) is 0 Å². The molecule has 0 saturated carbocycles. The van der Waals surface area contributed by atoms with Crippen molar-refractivity contribution >= 4 is 7.82 Å². The van der Waals surface area contributed by atoms with Gasteiger partial charge in [0.15, 0.2) is 0 Å². The number of hydrogen-bond acceptors (Lipinski definition) is 3. The number of unbranched alkanes of at least 4 members (excludes halogenated alkanes) is 9. The van der Waals surface area contributed by atoms with Crippen molar-refractivity contribution in [2.24, 2.45) is 0 Å². The smallest absolute Gasteiger partial charge is 0.376 e. The minimum Gasteiger partial charge on any atom is -0.376 e. The van der Waals surface area contributed by atoms with Crippen LogP contribution < -0.4 is 0 Å². The van der Waals surface area contributed by atoms with Crippen molar-refractivity contribution in [1.82, 2.24) is 0 Å². The summed E-state index contributed by atoms with van der Waals surface area (Å²) in [7, 11) is -4.43. The summed E-state index contributed by atoms with van der Waals surface area (Å²) >= 11 is 0. The quantitative estimate of drug-likeness (QED) is 0.226. The van der Waals surface area contributed by atoms with E-state index in [0.717, 1.165) is 25.7 Å². The van der Waals surface area contributed by atoms with Gasteiger partial charge in [-0.2, -0.15) is 0 Å². The summed E-state index contributed by atoms with van der Waals surface area (Å²) in [5, 5.41) is 0. The molecule has 0 radical (unpaired) electrons. The highest BCUT2D eigenvalue weighted by Gasteiger charge is 2.20. The highest BCUT2D eigenvalue weighted by Crippen LogP contribution is 2.37. The Labute approximate surface area is 155 Å². The fourth-order valence-electron chi connectivity index (χ4n) is 2.98. The number of phosphoric ester groups is 1. The summed E-state index contributed by atoms with van der Waals surface area (Å²) in [6, 6.07) is 0. The van der Waals surface area contributed by atoms with Crippen LogP contribution in [0.25, 0.3) is 0 Å². The number of rotatable bonds is 18. The lowest BCUT2D eigenvalue weighted by molar-refractivity contribution is -0.0117. The number of phosphoric acid groups is 1. The lowest BCUT2D eigenvalue weighted by Gasteiger charge is -2.21. The fourth-order valence-corrected chi connectivity index (χ4v) is 3.51. The van der Waals surface area contributed by atoms with Crippen LogP contribution in [0, 0.1) is 0 Å². The maximum atomic E-state index is 10.9. The summed E-state index contributed by atoms with van der Waals surface area (Å²) in [5.74, 6) is 0. The Kier molecular flexibility index (Phi) is 16.3. The Morgan fingerprint density at radius 3 is 1.72 bits per heavy atom. The highest BCUT2D eigenvalue weighted by molar-refractivity contribution is 7.46. The van der Waals surface area contributed by atoms with Gasteiger partial charge in [-0.15, -0.1) is 0 Å². The molecule has 0 fully saturated rings. The molecule has 0 aromatic rings. The van der Waals surface area contributed by atoms with Crippen LogP contribution in [-0.2, 0) is 13.8 Å². The Hall–Kier alpha value is 0.0700. The van der Waals surface area contributed by atoms with Gasteiger partial charge >= 0.3 is 7.82 Å². The molecule has 2 atom stereocenters. The molecular weight excluding hydrogens is 339 g/mol. The van der Waals surface area contributed by atoms with Crippen LogP contribution >= 0.6 is 7.82 Å². The van der Waals surface area contributed by atoms with Crippen molar-refractivity contribution in [3.8, 4) is 0 Å². The summed E-state index contributed by atoms with van der Waals surface area (Å²) in [6.07, 6.45) is 15.5. The van der Waals surface area contributed by atoms with Crippen LogP contribution in [0.15, 0.2) is 0 Å². The largest absolute Gasteiger partial charge is 0.469 e. The normalized spacial score (nSPS) is 14.6. The van der Waals surface area contributed by atoms with E-state index < -0.39 is 13.9 Å². The zero-order valence-corrected chi connectivity index (χ0v) is 17.5. The molecule has 0 bridgehead atoms. The first-order valence-electron chi connectivity index (χ1n) is 10.2. The Morgan fingerprint density at radius 2 is 1.24 bits per heavy atom. The van der Waals surface area contributed by atoms with Gasteiger partial charge < -0.3 is 14.5 Å². The SMILES string of the molecule is CCCCCCCCCC(CCCCCC)OCC(C)OP(=O)(O)O. The number of hydrogen-bond donors (Lipinski definition) is 2. The molecule has 0 aromatic heterocycles. The molecular formula is C19H41O5P. The average molecular weight is 381 g/mol. The van der Waals surface area contributed by atoms with E-state index in [-0.39, 0.29) is 12.7 Å². The van der Waals surface area contributed by atoms with Crippen molar-refractivity contribution in [1.29, 1.82) is 0 Å². The van der Waals surface area contributed by atoms with E-state index in [4.69, 9.17) is 14.5 Å². The molecule has 2 unspecified atom stereocenters. The maximum absolute atomic E-state index is 10.9. The third-order valence-corrected chi connectivity index (χ3v) is 5.03. The minimum absolute atomic E-state index is 0.176. The topological polar surface area (TPSA) is 76.0 Å². The second-order valence-corrected chi connectivity index (χ2v) is 8.31. The molecule has 2 N–H and O–H groups in total. The summed E-state index contributed by atoms with van der Waals surface area (Å²) < 4.78 is 21.4. The first kappa shape index (κ1) is 25.1. The van der Waals surface area contributed by atoms with E-state index in [1.54, 1.807) is 6.92 Å². The van der Waals surface area contributed by atoms with Crippen molar-refractivity contribution in [2.45, 2.75) is 116 Å². The first-order chi connectivity index (χ1) is 11.9. The highest BCUT2D eigenvalue weighted by atomic mass is 31.2. The molecule has 0 amide bonds. The van der Waals surface area contributed by atoms with E-state index in [2.05, 4.69) is 18.4 Å². The monoisotopic (exact) mass is 380 g/mol. The third kappa shape index (κ3) is 18.7. The molecule has 0 aliphatic rings. The Bertz CT molecular complexity index is 332. The fraction of sp³-hybridized carbons (Fsp3) is 1.00. The first-order valence-corrected chi connectivity index (χ1v) is 11.8. The molecule has 6 heteroatoms. The van der Waals surface area contributed by atoms with E-state index in [1.165, 1.54) is 57.8 Å². The van der Waals surface area contributed by atoms with Crippen LogP contribution in [-0.4, -0.2) is 28.6 Å². The molecule has 0 rings (SSSR count). The zero-order valence-electron chi connectivity index (χ0n) is 16.6. The van der Waals surface area contributed by atoms with Crippen LogP contribution in [0.2, 0.25) is 0 Å². The predicted molar refractivity (Wildman–Crippen MR) is 104 cm³/mol. The summed E-state index contributed by atoms with van der Waals surface area (Å²) in [6.45, 7) is 6.31. The molecule has 25 heavy (non-hydrogen) atoms. The van der Waals surface area contributed by atoms with Crippen LogP contribution in [0.1, 0.15) is 104 Å². The molecule has 0 aliphatic heterocycles. The van der Waals surface area contributed by atoms with Crippen molar-refractivity contribution < 1.29 is 23.6 Å². The van der Waals surface area contributed by atoms with Crippen molar-refractivity contribution in [2.75, 3.05) is 6.61 Å². The van der Waals surface area contributed by atoms with E-state index in [9.17, 15) is 4.57 Å². The average Bonchev–Trinajstić information content (AvgIpc) is 2.53. The Morgan fingerprint density at radius 1 is 0.800 bits per heavy atom. The van der Waals surface area contributed by atoms with Gasteiger partial charge in [0.25, 0.3) is 0 Å². The molecule has 0 aliphatic carbocycles. The van der Waals surface area contributed by atoms with Gasteiger partial charge in [0, 0.05) is 0 Å². The van der Waals surface area contributed by atoms with E-state index in [0.29, 0.717) is 0 Å². The molecule has 5 nitrogen and oxygen atoms in total. The van der Waals surface area contributed by atoms with Crippen molar-refractivity contribution in [3.05, 3.63) is 0 Å². The van der Waals surface area contributed by atoms with Gasteiger partial charge in [-0.3, -0.25) is 4.52 Å². The van der Waals surface area contributed by atoms with Gasteiger partial charge in [0.1, 0.15) is 0 Å². The lowest BCUT2D eigenvalue weighted by atomic mass is 10.0. The molecule has 0 spiro atoms. The second kappa shape index (κ2) is 16.3. The van der Waals surface area contributed by atoms with Crippen molar-refractivity contribution in [3.63, 3.8) is 0 Å². The molecule has 152 valence electrons. The third-order valence-electron chi connectivity index (χ3n) is 4.39. The molecule has 0 heterocycles. The molecule has 0 aromatic carbocycles. The summed E-state index contributed by atoms with van der Waals surface area (Å²) in [4.78, 5) is 17.7. The Balaban J connectivity index is 4.02. The summed E-state index contributed by atoms with van der Waals surface area (Å²) in [5.41, 5.74) is 0. The van der Waals surface area contributed by atoms with E-state index >= 15 is 0 Å². The second-order valence-electron chi connectivity index (χ2n) is 7.12. The van der Waals surface area contributed by atoms with Gasteiger partial charge in [-0.1, -0.05) is 84.5 Å². The zero-order chi connectivity index (χ0) is 19.0. The maximum Gasteiger partial charge on any atom is 0.469 e. The van der Waals surface area contributed by atoms with Gasteiger partial charge in [-0.25, -0.2) is 4.57 Å². The number of ether oxygens (including phenoxy) is 1. The van der Waals surface area contributed by atoms with Crippen LogP contribution in [0.4, 0.5) is 0 Å². The molecule has 0 saturated heterocycles. The standard InChI is InChI=1S/C19H41O5P/c1-4-6-8-10-11-12-14-16-19(15-13-9-7-5-2)23-17-18(3)24-25(20,21)22/h18-19H,4-17H2,1-3H3,(H2,20,21,22). The predicted octanol–water partition coefficient (Wildman–Crippen LogP) is 5.98. The van der Waals surface area contributed by atoms with E-state index in [1.807, 2.05) is 0 Å². The van der Waals surface area contributed by atoms with Gasteiger partial charge in [0.2, 0.25) is 0 Å². The van der Waals surface area contributed by atoms with Crippen LogP contribution in [0.5, 0.6) is 0 Å². The van der Waals surface area contributed by atoms with Gasteiger partial charge in [-0.05, 0) is 19.8 Å². The minimum atomic E-state index is -4.43. The lowest BCUT2D eigenvalue weighted by Crippen LogP contribution is -2.21.